The van der Waals surface area contributed by atoms with Crippen molar-refractivity contribution in [1.82, 2.24) is 14.4 Å². The zero-order valence-electron chi connectivity index (χ0n) is 13.5. The summed E-state index contributed by atoms with van der Waals surface area (Å²) < 4.78 is 26.0. The van der Waals surface area contributed by atoms with E-state index in [-0.39, 0.29) is 12.6 Å². The molecule has 5 rings (SSSR count). The fourth-order valence-corrected chi connectivity index (χ4v) is 2.95. The van der Waals surface area contributed by atoms with Crippen molar-refractivity contribution in [3.8, 4) is 22.8 Å². The van der Waals surface area contributed by atoms with E-state index in [2.05, 4.69) is 15.3 Å². The summed E-state index contributed by atoms with van der Waals surface area (Å²) >= 11 is 0. The largest absolute Gasteiger partial charge is 0.454 e. The minimum Gasteiger partial charge on any atom is -0.454 e. The molecule has 2 aromatic heterocycles. The van der Waals surface area contributed by atoms with Crippen LogP contribution in [0.1, 0.15) is 0 Å². The molecule has 26 heavy (non-hydrogen) atoms. The van der Waals surface area contributed by atoms with Crippen LogP contribution in [0.15, 0.2) is 61.1 Å². The smallest absolute Gasteiger partial charge is 0.231 e. The lowest BCUT2D eigenvalue weighted by atomic mass is 10.1. The Labute approximate surface area is 147 Å². The highest BCUT2D eigenvalue weighted by Gasteiger charge is 2.17. The third-order valence-electron chi connectivity index (χ3n) is 4.18. The summed E-state index contributed by atoms with van der Waals surface area (Å²) in [6.45, 7) is 0.223. The number of halogens is 1. The van der Waals surface area contributed by atoms with Crippen LogP contribution in [0.2, 0.25) is 0 Å². The Morgan fingerprint density at radius 2 is 1.88 bits per heavy atom. The molecule has 0 bridgehead atoms. The van der Waals surface area contributed by atoms with Crippen LogP contribution in [-0.2, 0) is 0 Å². The minimum absolute atomic E-state index is 0.223. The standard InChI is InChI=1S/C19H13FN4O2/c20-13-3-1-12(2-4-13)18-19(24-8-7-21-10-17(24)23-18)22-14-5-6-15-16(9-14)26-11-25-15/h1-10,22H,11H2. The second kappa shape index (κ2) is 5.73. The van der Waals surface area contributed by atoms with Crippen LogP contribution >= 0.6 is 0 Å². The summed E-state index contributed by atoms with van der Waals surface area (Å²) in [5.41, 5.74) is 3.03. The zero-order chi connectivity index (χ0) is 17.5. The van der Waals surface area contributed by atoms with Crippen molar-refractivity contribution in [3.05, 3.63) is 66.9 Å². The summed E-state index contributed by atoms with van der Waals surface area (Å²) in [5.74, 6) is 1.88. The first kappa shape index (κ1) is 14.7. The number of ether oxygens (including phenoxy) is 2. The number of rotatable bonds is 3. The highest BCUT2D eigenvalue weighted by atomic mass is 19.1. The lowest BCUT2D eigenvalue weighted by Crippen LogP contribution is -1.97. The zero-order valence-corrected chi connectivity index (χ0v) is 13.5. The average molecular weight is 348 g/mol. The highest BCUT2D eigenvalue weighted by molar-refractivity contribution is 5.80. The van der Waals surface area contributed by atoms with Crippen LogP contribution in [0.25, 0.3) is 16.9 Å². The molecule has 0 radical (unpaired) electrons. The van der Waals surface area contributed by atoms with E-state index in [9.17, 15) is 4.39 Å². The molecule has 2 aromatic carbocycles. The van der Waals surface area contributed by atoms with Gasteiger partial charge in [-0.05, 0) is 36.4 Å². The van der Waals surface area contributed by atoms with Gasteiger partial charge in [0.15, 0.2) is 17.1 Å². The second-order valence-corrected chi connectivity index (χ2v) is 5.81. The van der Waals surface area contributed by atoms with Crippen molar-refractivity contribution in [2.45, 2.75) is 0 Å². The molecule has 4 aromatic rings. The van der Waals surface area contributed by atoms with E-state index < -0.39 is 0 Å². The predicted octanol–water partition coefficient (Wildman–Crippen LogP) is 4.01. The van der Waals surface area contributed by atoms with Gasteiger partial charge in [0.05, 0.1) is 6.20 Å². The SMILES string of the molecule is Fc1ccc(-c2nc3cnccn3c2Nc2ccc3c(c2)OCO3)cc1. The number of nitrogens with one attached hydrogen (secondary N) is 1. The van der Waals surface area contributed by atoms with E-state index >= 15 is 0 Å². The van der Waals surface area contributed by atoms with E-state index in [0.29, 0.717) is 17.1 Å². The van der Waals surface area contributed by atoms with Gasteiger partial charge in [-0.3, -0.25) is 9.38 Å². The van der Waals surface area contributed by atoms with Crippen molar-refractivity contribution >= 4 is 17.2 Å². The van der Waals surface area contributed by atoms with Gasteiger partial charge in [0.2, 0.25) is 6.79 Å². The Morgan fingerprint density at radius 3 is 2.77 bits per heavy atom. The fourth-order valence-electron chi connectivity index (χ4n) is 2.95. The number of anilines is 2. The number of imidazole rings is 1. The third-order valence-corrected chi connectivity index (χ3v) is 4.18. The number of benzene rings is 2. The van der Waals surface area contributed by atoms with Gasteiger partial charge in [0.25, 0.3) is 0 Å². The second-order valence-electron chi connectivity index (χ2n) is 5.81. The predicted molar refractivity (Wildman–Crippen MR) is 94.2 cm³/mol. The molecule has 0 atom stereocenters. The molecule has 1 aliphatic rings. The molecule has 3 heterocycles. The lowest BCUT2D eigenvalue weighted by molar-refractivity contribution is 0.174. The Balaban J connectivity index is 1.63. The first-order valence-electron chi connectivity index (χ1n) is 8.03. The first-order chi connectivity index (χ1) is 12.8. The number of hydrogen-bond acceptors (Lipinski definition) is 5. The maximum atomic E-state index is 13.3. The van der Waals surface area contributed by atoms with E-state index in [1.54, 1.807) is 24.5 Å². The Bertz CT molecular complexity index is 1110. The molecule has 0 aliphatic carbocycles. The van der Waals surface area contributed by atoms with Crippen LogP contribution in [0, 0.1) is 5.82 Å². The number of hydrogen-bond donors (Lipinski definition) is 1. The van der Waals surface area contributed by atoms with E-state index in [0.717, 1.165) is 22.8 Å². The van der Waals surface area contributed by atoms with Crippen LogP contribution < -0.4 is 14.8 Å². The molecule has 0 fully saturated rings. The molecule has 0 amide bonds. The van der Waals surface area contributed by atoms with Crippen molar-refractivity contribution in [2.75, 3.05) is 12.1 Å². The molecule has 7 heteroatoms. The van der Waals surface area contributed by atoms with Crippen LogP contribution in [0.3, 0.4) is 0 Å². The van der Waals surface area contributed by atoms with Crippen molar-refractivity contribution in [3.63, 3.8) is 0 Å². The van der Waals surface area contributed by atoms with Crippen molar-refractivity contribution in [1.29, 1.82) is 0 Å². The maximum Gasteiger partial charge on any atom is 0.231 e. The molecule has 6 nitrogen and oxygen atoms in total. The van der Waals surface area contributed by atoms with Crippen LogP contribution in [0.5, 0.6) is 11.5 Å². The van der Waals surface area contributed by atoms with E-state index in [1.807, 2.05) is 28.8 Å². The molecule has 1 N–H and O–H groups in total. The molecule has 0 spiro atoms. The van der Waals surface area contributed by atoms with E-state index in [1.165, 1.54) is 12.1 Å². The van der Waals surface area contributed by atoms with Crippen molar-refractivity contribution in [2.24, 2.45) is 0 Å². The number of nitrogens with zero attached hydrogens (tertiary/aromatic N) is 3. The topological polar surface area (TPSA) is 60.7 Å². The molecular formula is C19H13FN4O2. The average Bonchev–Trinajstić information content (AvgIpc) is 3.27. The Kier molecular flexibility index (Phi) is 3.24. The van der Waals surface area contributed by atoms with Gasteiger partial charge >= 0.3 is 0 Å². The highest BCUT2D eigenvalue weighted by Crippen LogP contribution is 2.37. The molecule has 0 saturated carbocycles. The normalized spacial score (nSPS) is 12.5. The van der Waals surface area contributed by atoms with Crippen LogP contribution in [0.4, 0.5) is 15.9 Å². The van der Waals surface area contributed by atoms with Gasteiger partial charge in [-0.15, -0.1) is 0 Å². The van der Waals surface area contributed by atoms with Gasteiger partial charge in [-0.1, -0.05) is 0 Å². The van der Waals surface area contributed by atoms with Gasteiger partial charge in [0, 0.05) is 29.7 Å². The summed E-state index contributed by atoms with van der Waals surface area (Å²) in [6.07, 6.45) is 5.19. The molecule has 0 saturated heterocycles. The van der Waals surface area contributed by atoms with E-state index in [4.69, 9.17) is 9.47 Å². The molecule has 1 aliphatic heterocycles. The minimum atomic E-state index is -0.288. The molecular weight excluding hydrogens is 335 g/mol. The lowest BCUT2D eigenvalue weighted by Gasteiger charge is -2.09. The quantitative estimate of drug-likeness (QED) is 0.606. The summed E-state index contributed by atoms with van der Waals surface area (Å²) in [4.78, 5) is 8.76. The third kappa shape index (κ3) is 2.41. The number of fused-ring (bicyclic) bond motifs is 2. The Morgan fingerprint density at radius 1 is 1.04 bits per heavy atom. The molecule has 128 valence electrons. The summed E-state index contributed by atoms with van der Waals surface area (Å²) in [6, 6.07) is 11.9. The number of aromatic nitrogens is 3. The van der Waals surface area contributed by atoms with Gasteiger partial charge in [-0.2, -0.15) is 0 Å². The fraction of sp³-hybridized carbons (Fsp3) is 0.0526. The maximum absolute atomic E-state index is 13.3. The van der Waals surface area contributed by atoms with Crippen molar-refractivity contribution < 1.29 is 13.9 Å². The Hall–Kier alpha value is -3.61. The van der Waals surface area contributed by atoms with Gasteiger partial charge in [0.1, 0.15) is 17.3 Å². The first-order valence-corrected chi connectivity index (χ1v) is 8.03. The van der Waals surface area contributed by atoms with Gasteiger partial charge < -0.3 is 14.8 Å². The van der Waals surface area contributed by atoms with Gasteiger partial charge in [-0.25, -0.2) is 9.37 Å². The monoisotopic (exact) mass is 348 g/mol. The summed E-state index contributed by atoms with van der Waals surface area (Å²) in [7, 11) is 0. The molecule has 0 unspecified atom stereocenters. The van der Waals surface area contributed by atoms with Crippen LogP contribution in [-0.4, -0.2) is 21.2 Å². The summed E-state index contributed by atoms with van der Waals surface area (Å²) in [5, 5.41) is 3.38.